The van der Waals surface area contributed by atoms with Crippen LogP contribution in [0, 0.1) is 5.92 Å². The quantitative estimate of drug-likeness (QED) is 0.796. The van der Waals surface area contributed by atoms with Gasteiger partial charge in [0, 0.05) is 12.1 Å². The molecule has 0 aromatic carbocycles. The zero-order valence-electron chi connectivity index (χ0n) is 10.2. The van der Waals surface area contributed by atoms with Crippen LogP contribution in [-0.2, 0) is 16.1 Å². The second kappa shape index (κ2) is 5.98. The number of rotatable bonds is 4. The summed E-state index contributed by atoms with van der Waals surface area (Å²) in [5, 5.41) is 2.73. The minimum atomic E-state index is -0.413. The van der Waals surface area contributed by atoms with Crippen LogP contribution in [0.1, 0.15) is 29.9 Å². The first-order valence-corrected chi connectivity index (χ1v) is 5.35. The van der Waals surface area contributed by atoms with Crippen LogP contribution in [-0.4, -0.2) is 24.0 Å². The van der Waals surface area contributed by atoms with Gasteiger partial charge in [0.15, 0.2) is 0 Å². The van der Waals surface area contributed by atoms with Gasteiger partial charge in [0.2, 0.25) is 5.91 Å². The first-order chi connectivity index (χ1) is 8.04. The molecule has 0 aliphatic carbocycles. The van der Waals surface area contributed by atoms with Crippen molar-refractivity contribution in [3.8, 4) is 0 Å². The molecule has 0 fully saturated rings. The monoisotopic (exact) mass is 236 g/mol. The van der Waals surface area contributed by atoms with E-state index in [2.05, 4.69) is 15.0 Å². The standard InChI is InChI=1S/C12H16N2O3/c1-8(2)11(15)14-7-10-6-9(4-5-13-10)12(16)17-3/h4-6,8H,7H2,1-3H3,(H,14,15). The normalized spacial score (nSPS) is 10.1. The van der Waals surface area contributed by atoms with E-state index >= 15 is 0 Å². The highest BCUT2D eigenvalue weighted by Gasteiger charge is 2.09. The predicted octanol–water partition coefficient (Wildman–Crippen LogP) is 1.14. The van der Waals surface area contributed by atoms with E-state index < -0.39 is 5.97 Å². The number of hydrogen-bond donors (Lipinski definition) is 1. The number of methoxy groups -OCH3 is 1. The summed E-state index contributed by atoms with van der Waals surface area (Å²) in [5.74, 6) is -0.530. The molecule has 0 aliphatic heterocycles. The van der Waals surface area contributed by atoms with E-state index in [0.717, 1.165) is 0 Å². The maximum absolute atomic E-state index is 11.4. The van der Waals surface area contributed by atoms with Gasteiger partial charge in [0.25, 0.3) is 0 Å². The van der Waals surface area contributed by atoms with Crippen molar-refractivity contribution < 1.29 is 14.3 Å². The summed E-state index contributed by atoms with van der Waals surface area (Å²) in [6.45, 7) is 3.93. The molecule has 1 rings (SSSR count). The Morgan fingerprint density at radius 3 is 2.76 bits per heavy atom. The molecule has 0 atom stereocenters. The molecule has 1 heterocycles. The summed E-state index contributed by atoms with van der Waals surface area (Å²) in [4.78, 5) is 26.7. The lowest BCUT2D eigenvalue weighted by atomic mass is 10.2. The van der Waals surface area contributed by atoms with Gasteiger partial charge in [-0.25, -0.2) is 4.79 Å². The number of ether oxygens (including phenoxy) is 1. The number of hydrogen-bond acceptors (Lipinski definition) is 4. The Kier molecular flexibility index (Phi) is 4.63. The van der Waals surface area contributed by atoms with Gasteiger partial charge in [-0.3, -0.25) is 9.78 Å². The molecule has 1 N–H and O–H groups in total. The third-order valence-electron chi connectivity index (χ3n) is 2.21. The molecule has 0 bridgehead atoms. The van der Waals surface area contributed by atoms with Gasteiger partial charge in [-0.1, -0.05) is 13.8 Å². The van der Waals surface area contributed by atoms with Gasteiger partial charge in [0.05, 0.1) is 24.9 Å². The second-order valence-electron chi connectivity index (χ2n) is 3.90. The lowest BCUT2D eigenvalue weighted by Gasteiger charge is -2.07. The van der Waals surface area contributed by atoms with E-state index in [-0.39, 0.29) is 11.8 Å². The van der Waals surface area contributed by atoms with Gasteiger partial charge in [-0.05, 0) is 12.1 Å². The average Bonchev–Trinajstić information content (AvgIpc) is 2.35. The van der Waals surface area contributed by atoms with Crippen LogP contribution >= 0.6 is 0 Å². The Morgan fingerprint density at radius 1 is 1.47 bits per heavy atom. The first-order valence-electron chi connectivity index (χ1n) is 5.35. The van der Waals surface area contributed by atoms with E-state index in [0.29, 0.717) is 17.8 Å². The molecule has 0 saturated heterocycles. The van der Waals surface area contributed by atoms with Crippen molar-refractivity contribution >= 4 is 11.9 Å². The second-order valence-corrected chi connectivity index (χ2v) is 3.90. The van der Waals surface area contributed by atoms with Gasteiger partial charge < -0.3 is 10.1 Å². The maximum Gasteiger partial charge on any atom is 0.337 e. The lowest BCUT2D eigenvalue weighted by molar-refractivity contribution is -0.124. The van der Waals surface area contributed by atoms with Crippen LogP contribution < -0.4 is 5.32 Å². The lowest BCUT2D eigenvalue weighted by Crippen LogP contribution is -2.27. The van der Waals surface area contributed by atoms with Crippen LogP contribution in [0.3, 0.4) is 0 Å². The molecule has 0 saturated carbocycles. The molecule has 1 amide bonds. The van der Waals surface area contributed by atoms with Crippen LogP contribution in [0.4, 0.5) is 0 Å². The minimum absolute atomic E-state index is 0.0460. The summed E-state index contributed by atoms with van der Waals surface area (Å²) < 4.78 is 4.60. The number of pyridine rings is 1. The zero-order valence-corrected chi connectivity index (χ0v) is 10.2. The number of nitrogens with zero attached hydrogens (tertiary/aromatic N) is 1. The third kappa shape index (κ3) is 3.86. The number of esters is 1. The molecule has 5 heteroatoms. The molecule has 0 radical (unpaired) electrons. The van der Waals surface area contributed by atoms with E-state index in [1.165, 1.54) is 13.3 Å². The van der Waals surface area contributed by atoms with Crippen LogP contribution in [0.2, 0.25) is 0 Å². The van der Waals surface area contributed by atoms with Gasteiger partial charge >= 0.3 is 5.97 Å². The van der Waals surface area contributed by atoms with Gasteiger partial charge in [-0.15, -0.1) is 0 Å². The van der Waals surface area contributed by atoms with Crippen molar-refractivity contribution in [3.63, 3.8) is 0 Å². The van der Waals surface area contributed by atoms with Crippen molar-refractivity contribution in [1.82, 2.24) is 10.3 Å². The summed E-state index contributed by atoms with van der Waals surface area (Å²) in [6.07, 6.45) is 1.52. The molecule has 92 valence electrons. The molecule has 0 spiro atoms. The van der Waals surface area contributed by atoms with Crippen molar-refractivity contribution in [1.29, 1.82) is 0 Å². The van der Waals surface area contributed by atoms with Crippen LogP contribution in [0.5, 0.6) is 0 Å². The molecular formula is C12H16N2O3. The molecule has 5 nitrogen and oxygen atoms in total. The SMILES string of the molecule is COC(=O)c1ccnc(CNC(=O)C(C)C)c1. The fraction of sp³-hybridized carbons (Fsp3) is 0.417. The van der Waals surface area contributed by atoms with Crippen LogP contribution in [0.15, 0.2) is 18.3 Å². The van der Waals surface area contributed by atoms with Crippen molar-refractivity contribution in [2.45, 2.75) is 20.4 Å². The molecule has 1 aromatic rings. The maximum atomic E-state index is 11.4. The predicted molar refractivity (Wildman–Crippen MR) is 62.3 cm³/mol. The Labute approximate surface area is 100 Å². The highest BCUT2D eigenvalue weighted by molar-refractivity contribution is 5.89. The fourth-order valence-corrected chi connectivity index (χ4v) is 1.20. The molecule has 0 unspecified atom stereocenters. The summed E-state index contributed by atoms with van der Waals surface area (Å²) in [6, 6.07) is 3.17. The Bertz CT molecular complexity index is 416. The van der Waals surface area contributed by atoms with Crippen LogP contribution in [0.25, 0.3) is 0 Å². The Hall–Kier alpha value is -1.91. The fourth-order valence-electron chi connectivity index (χ4n) is 1.20. The summed E-state index contributed by atoms with van der Waals surface area (Å²) in [5.41, 5.74) is 1.05. The average molecular weight is 236 g/mol. The number of carbonyl (C=O) groups excluding carboxylic acids is 2. The van der Waals surface area contributed by atoms with E-state index in [1.54, 1.807) is 12.1 Å². The first kappa shape index (κ1) is 13.2. The van der Waals surface area contributed by atoms with E-state index in [1.807, 2.05) is 13.8 Å². The topological polar surface area (TPSA) is 68.3 Å². The molecule has 0 aliphatic rings. The molecule has 17 heavy (non-hydrogen) atoms. The zero-order chi connectivity index (χ0) is 12.8. The van der Waals surface area contributed by atoms with Crippen molar-refractivity contribution in [2.75, 3.05) is 7.11 Å². The van der Waals surface area contributed by atoms with Crippen molar-refractivity contribution in [2.24, 2.45) is 5.92 Å². The summed E-state index contributed by atoms with van der Waals surface area (Å²) in [7, 11) is 1.32. The van der Waals surface area contributed by atoms with Crippen molar-refractivity contribution in [3.05, 3.63) is 29.6 Å². The Balaban J connectivity index is 2.66. The minimum Gasteiger partial charge on any atom is -0.465 e. The third-order valence-corrected chi connectivity index (χ3v) is 2.21. The largest absolute Gasteiger partial charge is 0.465 e. The number of nitrogens with one attached hydrogen (secondary N) is 1. The number of carbonyl (C=O) groups is 2. The Morgan fingerprint density at radius 2 is 2.18 bits per heavy atom. The molecular weight excluding hydrogens is 220 g/mol. The summed E-state index contributed by atoms with van der Waals surface area (Å²) >= 11 is 0. The smallest absolute Gasteiger partial charge is 0.337 e. The highest BCUT2D eigenvalue weighted by Crippen LogP contribution is 2.03. The van der Waals surface area contributed by atoms with Gasteiger partial charge in [-0.2, -0.15) is 0 Å². The highest BCUT2D eigenvalue weighted by atomic mass is 16.5. The molecule has 1 aromatic heterocycles. The van der Waals surface area contributed by atoms with Gasteiger partial charge in [0.1, 0.15) is 0 Å². The number of aromatic nitrogens is 1. The number of amides is 1. The van der Waals surface area contributed by atoms with E-state index in [4.69, 9.17) is 0 Å². The van der Waals surface area contributed by atoms with E-state index in [9.17, 15) is 9.59 Å².